The van der Waals surface area contributed by atoms with Crippen LogP contribution >= 0.6 is 18.6 Å². The van der Waals surface area contributed by atoms with Crippen LogP contribution in [-0.4, -0.2) is 23.9 Å². The molecule has 2 unspecified atom stereocenters. The van der Waals surface area contributed by atoms with Gasteiger partial charge in [0.25, 0.3) is 0 Å². The molecule has 0 spiro atoms. The average molecular weight is 409 g/mol. The fourth-order valence-corrected chi connectivity index (χ4v) is 27.3. The molecule has 2 rings (SSSR count). The fourth-order valence-electron chi connectivity index (χ4n) is 3.60. The summed E-state index contributed by atoms with van der Waals surface area (Å²) in [4.78, 5) is 0. The zero-order valence-corrected chi connectivity index (χ0v) is 18.7. The molecule has 0 aromatic heterocycles. The molecule has 0 saturated carbocycles. The van der Waals surface area contributed by atoms with Crippen molar-refractivity contribution in [2.75, 3.05) is 6.61 Å². The first-order chi connectivity index (χ1) is 10.6. The quantitative estimate of drug-likeness (QED) is 0.663. The van der Waals surface area contributed by atoms with Crippen molar-refractivity contribution in [3.8, 4) is 0 Å². The first-order valence-electron chi connectivity index (χ1n) is 8.33. The zero-order valence-electron chi connectivity index (χ0n) is 14.4. The number of rotatable bonds is 6. The number of benzene rings is 1. The number of hydrogen-bond acceptors (Lipinski definition) is 2. The SMILES string of the molecule is C[SiH](CCCO)[Ti]([Cl])([Cl])([NH]C(C)(C)C)[CH]1C=Cc2ccccc21. The van der Waals surface area contributed by atoms with Gasteiger partial charge in [-0.2, -0.15) is 0 Å². The van der Waals surface area contributed by atoms with Gasteiger partial charge in [0, 0.05) is 0 Å². The van der Waals surface area contributed by atoms with Crippen molar-refractivity contribution in [1.82, 2.24) is 3.80 Å². The van der Waals surface area contributed by atoms with E-state index in [1.165, 1.54) is 11.1 Å². The molecule has 23 heavy (non-hydrogen) atoms. The third kappa shape index (κ3) is 4.15. The second kappa shape index (κ2) is 6.95. The standard InChI is InChI=1S/C9H7.C4H10N.C4H11OSi.2ClH.Ti/c1-2-5-9-7-3-6-8(9)4-1;1-4(2,3)5;1-6-4-2-3-5;;;/h1-7H;5H,1-3H3;5-6H,2-4H2,1H3;2*1H;/q;-1;;;;+3/p-2. The van der Waals surface area contributed by atoms with Crippen LogP contribution in [-0.2, 0) is 12.7 Å². The molecule has 0 bridgehead atoms. The van der Waals surface area contributed by atoms with Crippen LogP contribution in [0.2, 0.25) is 12.6 Å². The van der Waals surface area contributed by atoms with Crippen LogP contribution in [0.3, 0.4) is 0 Å². The van der Waals surface area contributed by atoms with E-state index < -0.39 is 19.4 Å². The van der Waals surface area contributed by atoms with Crippen molar-refractivity contribution in [3.05, 3.63) is 41.5 Å². The molecule has 0 fully saturated rings. The van der Waals surface area contributed by atoms with E-state index in [4.69, 9.17) is 18.6 Å². The van der Waals surface area contributed by atoms with Gasteiger partial charge in [-0.05, 0) is 0 Å². The predicted octanol–water partition coefficient (Wildman–Crippen LogP) is 4.79. The van der Waals surface area contributed by atoms with Gasteiger partial charge in [0.15, 0.2) is 0 Å². The van der Waals surface area contributed by atoms with Crippen LogP contribution in [0.5, 0.6) is 0 Å². The minimum atomic E-state index is -4.04. The third-order valence-electron chi connectivity index (χ3n) is 4.68. The molecule has 2 nitrogen and oxygen atoms in total. The van der Waals surface area contributed by atoms with Crippen molar-refractivity contribution in [2.24, 2.45) is 0 Å². The monoisotopic (exact) mass is 408 g/mol. The molecular formula is C17H28Cl2NOSiTi. The topological polar surface area (TPSA) is 32.3 Å². The summed E-state index contributed by atoms with van der Waals surface area (Å²) in [5, 5.41) is 9.24. The molecular weight excluding hydrogens is 381 g/mol. The number of allylic oxidation sites excluding steroid dienone is 1. The third-order valence-corrected chi connectivity index (χ3v) is 36.1. The zero-order chi connectivity index (χ0) is 17.3. The summed E-state index contributed by atoms with van der Waals surface area (Å²) in [5.41, 5.74) is 2.36. The van der Waals surface area contributed by atoms with Crippen LogP contribution in [0, 0.1) is 0 Å². The van der Waals surface area contributed by atoms with E-state index in [0.29, 0.717) is 0 Å². The maximum atomic E-state index is 9.24. The van der Waals surface area contributed by atoms with Gasteiger partial charge in [0.2, 0.25) is 0 Å². The Hall–Kier alpha value is 0.391. The molecule has 129 valence electrons. The van der Waals surface area contributed by atoms with Crippen molar-refractivity contribution in [3.63, 3.8) is 0 Å². The van der Waals surface area contributed by atoms with Gasteiger partial charge in [-0.25, -0.2) is 0 Å². The Balaban J connectivity index is 2.49. The molecule has 0 aliphatic heterocycles. The summed E-state index contributed by atoms with van der Waals surface area (Å²) in [6.45, 7) is 7.42. The summed E-state index contributed by atoms with van der Waals surface area (Å²) < 4.78 is 3.85. The molecule has 1 aliphatic carbocycles. The number of halogens is 2. The molecule has 2 N–H and O–H groups in total. The van der Waals surface area contributed by atoms with Gasteiger partial charge in [0.05, 0.1) is 0 Å². The molecule has 1 aliphatic rings. The summed E-state index contributed by atoms with van der Waals surface area (Å²) in [5.74, 6) is 0. The van der Waals surface area contributed by atoms with E-state index in [0.717, 1.165) is 12.5 Å². The van der Waals surface area contributed by atoms with Crippen LogP contribution < -0.4 is 3.80 Å². The summed E-state index contributed by atoms with van der Waals surface area (Å²) in [7, 11) is 14.9. The second-order valence-corrected chi connectivity index (χ2v) is 35.2. The number of aliphatic hydroxyl groups is 1. The Bertz CT molecular complexity index is 601. The summed E-state index contributed by atoms with van der Waals surface area (Å²) >= 11 is -4.04. The fraction of sp³-hybridized carbons (Fsp3) is 0.529. The van der Waals surface area contributed by atoms with Crippen LogP contribution in [0.25, 0.3) is 6.08 Å². The van der Waals surface area contributed by atoms with E-state index >= 15 is 0 Å². The van der Waals surface area contributed by atoms with Crippen molar-refractivity contribution in [2.45, 2.75) is 49.5 Å². The van der Waals surface area contributed by atoms with E-state index in [9.17, 15) is 5.11 Å². The predicted molar refractivity (Wildman–Crippen MR) is 102 cm³/mol. The average Bonchev–Trinajstić information content (AvgIpc) is 2.87. The van der Waals surface area contributed by atoms with Gasteiger partial charge in [-0.1, -0.05) is 0 Å². The van der Waals surface area contributed by atoms with E-state index in [1.807, 2.05) is 0 Å². The Kier molecular flexibility index (Phi) is 5.96. The molecule has 0 heterocycles. The van der Waals surface area contributed by atoms with E-state index in [1.54, 1.807) is 0 Å². The Morgan fingerprint density at radius 2 is 1.91 bits per heavy atom. The summed E-state index contributed by atoms with van der Waals surface area (Å²) in [6, 6.07) is 9.38. The van der Waals surface area contributed by atoms with Crippen molar-refractivity contribution < 1.29 is 17.8 Å². The van der Waals surface area contributed by atoms with Gasteiger partial charge in [-0.3, -0.25) is 0 Å². The number of fused-ring (bicyclic) bond motifs is 1. The molecule has 1 aromatic carbocycles. The van der Waals surface area contributed by atoms with Crippen molar-refractivity contribution in [1.29, 1.82) is 0 Å². The van der Waals surface area contributed by atoms with Gasteiger partial charge >= 0.3 is 151 Å². The van der Waals surface area contributed by atoms with Gasteiger partial charge in [0.1, 0.15) is 0 Å². The number of hydrogen-bond donors (Lipinski definition) is 2. The minimum absolute atomic E-state index is 0.103. The number of aliphatic hydroxyl groups excluding tert-OH is 1. The Labute approximate surface area is 150 Å². The van der Waals surface area contributed by atoms with Gasteiger partial charge < -0.3 is 0 Å². The molecule has 1 aromatic rings. The number of nitrogens with one attached hydrogen (secondary N) is 1. The normalized spacial score (nSPS) is 20.8. The first kappa shape index (κ1) is 19.7. The Morgan fingerprint density at radius 1 is 1.26 bits per heavy atom. The molecule has 0 saturated heterocycles. The summed E-state index contributed by atoms with van der Waals surface area (Å²) in [6.07, 6.45) is 5.16. The molecule has 6 heteroatoms. The second-order valence-electron chi connectivity index (χ2n) is 7.76. The molecule has 0 radical (unpaired) electrons. The van der Waals surface area contributed by atoms with E-state index in [2.05, 4.69) is 67.5 Å². The first-order valence-corrected chi connectivity index (χ1v) is 19.6. The van der Waals surface area contributed by atoms with E-state index in [-0.39, 0.29) is 16.4 Å². The van der Waals surface area contributed by atoms with Crippen LogP contribution in [0.1, 0.15) is 42.5 Å². The molecule has 0 amide bonds. The Morgan fingerprint density at radius 3 is 2.52 bits per heavy atom. The molecule has 2 atom stereocenters. The van der Waals surface area contributed by atoms with Crippen molar-refractivity contribution >= 4 is 31.3 Å². The van der Waals surface area contributed by atoms with Crippen LogP contribution in [0.4, 0.5) is 0 Å². The van der Waals surface area contributed by atoms with Crippen LogP contribution in [0.15, 0.2) is 30.3 Å². The maximum absolute atomic E-state index is 9.24. The van der Waals surface area contributed by atoms with Gasteiger partial charge in [-0.15, -0.1) is 0 Å².